The number of likely N-dealkylation sites (N-methyl/N-ethyl adjacent to an activating group) is 1. The van der Waals surface area contributed by atoms with Crippen LogP contribution >= 0.6 is 0 Å². The molecule has 1 saturated heterocycles. The quantitative estimate of drug-likeness (QED) is 0.0909. The number of aliphatic carboxylic acids is 1. The number of ether oxygens (including phenoxy) is 1. The highest BCUT2D eigenvalue weighted by atomic mass is 16.6. The summed E-state index contributed by atoms with van der Waals surface area (Å²) in [6, 6.07) is 5.57. The molecule has 42 heavy (non-hydrogen) atoms. The molecule has 1 aliphatic rings. The molecule has 7 N–H and O–H groups in total. The molecule has 2 rings (SSSR count). The number of hydrogen-bond acceptors (Lipinski definition) is 8. The molecule has 0 aromatic heterocycles. The molecule has 0 saturated carbocycles. The van der Waals surface area contributed by atoms with Crippen LogP contribution in [-0.2, 0) is 44.7 Å². The molecule has 5 atom stereocenters. The van der Waals surface area contributed by atoms with E-state index in [1.165, 1.54) is 6.92 Å². The summed E-state index contributed by atoms with van der Waals surface area (Å²) in [5.41, 5.74) is 4.99. The number of aryl methyl sites for hydroxylation is 1. The number of epoxide rings is 1. The second-order valence-electron chi connectivity index (χ2n) is 10.0. The topological polar surface area (TPSA) is 224 Å². The van der Waals surface area contributed by atoms with Crippen molar-refractivity contribution in [1.82, 2.24) is 32.1 Å². The normalized spacial score (nSPS) is 17.5. The summed E-state index contributed by atoms with van der Waals surface area (Å²) in [6.07, 6.45) is -2.34. The van der Waals surface area contributed by atoms with Gasteiger partial charge in [-0.2, -0.15) is 0 Å². The first-order chi connectivity index (χ1) is 19.8. The van der Waals surface area contributed by atoms with Crippen LogP contribution in [0, 0.1) is 5.92 Å². The van der Waals surface area contributed by atoms with Gasteiger partial charge >= 0.3 is 5.97 Å². The Morgan fingerprint density at radius 3 is 2.07 bits per heavy atom. The van der Waals surface area contributed by atoms with Crippen molar-refractivity contribution in [3.8, 4) is 0 Å². The lowest BCUT2D eigenvalue weighted by atomic mass is 10.0. The molecule has 0 radical (unpaired) electrons. The van der Waals surface area contributed by atoms with Gasteiger partial charge in [-0.3, -0.25) is 44.4 Å². The van der Waals surface area contributed by atoms with Gasteiger partial charge in [0.25, 0.3) is 17.7 Å². The Labute approximate surface area is 242 Å². The Balaban J connectivity index is 1.89. The van der Waals surface area contributed by atoms with Gasteiger partial charge in [-0.1, -0.05) is 44.2 Å². The average Bonchev–Trinajstić information content (AvgIpc) is 3.74. The predicted molar refractivity (Wildman–Crippen MR) is 147 cm³/mol. The van der Waals surface area contributed by atoms with Gasteiger partial charge in [0.15, 0.2) is 12.2 Å². The molecule has 1 aliphatic heterocycles. The summed E-state index contributed by atoms with van der Waals surface area (Å²) in [4.78, 5) is 85.8. The van der Waals surface area contributed by atoms with Gasteiger partial charge in [-0.25, -0.2) is 0 Å². The van der Waals surface area contributed by atoms with E-state index in [9.17, 15) is 38.7 Å². The Hall–Kier alpha value is -4.53. The number of benzene rings is 1. The van der Waals surface area contributed by atoms with Crippen molar-refractivity contribution >= 4 is 41.4 Å². The van der Waals surface area contributed by atoms with E-state index in [2.05, 4.69) is 21.3 Å². The zero-order valence-electron chi connectivity index (χ0n) is 23.9. The molecule has 230 valence electrons. The lowest BCUT2D eigenvalue weighted by molar-refractivity contribution is -0.141. The third-order valence-electron chi connectivity index (χ3n) is 6.18. The second kappa shape index (κ2) is 16.0. The van der Waals surface area contributed by atoms with Crippen LogP contribution in [-0.4, -0.2) is 83.4 Å². The van der Waals surface area contributed by atoms with Crippen LogP contribution in [0.15, 0.2) is 30.3 Å². The Bertz CT molecular complexity index is 1160. The zero-order valence-corrected chi connectivity index (χ0v) is 23.9. The summed E-state index contributed by atoms with van der Waals surface area (Å²) in [7, 11) is 0. The third-order valence-corrected chi connectivity index (χ3v) is 6.18. The molecule has 1 aromatic rings. The standard InChI is InChI=1S/C27H38N6O9/c1-5-28-26(40)21-22(42-21)27(41)33-32-24(38)17(13-19(35)36)30-23(37)15(4)29-25(39)20(14(2)3)31-18(34)12-11-16-9-7-6-8-10-16/h6-10,14-15,17,20-22H,5,11-13H2,1-4H3,(H,28,40)(H,29,39)(H,30,37)(H,31,34)(H,32,38)(H,33,41)(H,35,36)/t15-,17-,20-,21?,22?/m0/s1. The fourth-order valence-corrected chi connectivity index (χ4v) is 3.80. The maximum Gasteiger partial charge on any atom is 0.305 e. The fraction of sp³-hybridized carbons (Fsp3) is 0.519. The molecule has 0 bridgehead atoms. The summed E-state index contributed by atoms with van der Waals surface area (Å²) >= 11 is 0. The molecular formula is C27H38N6O9. The largest absolute Gasteiger partial charge is 0.481 e. The van der Waals surface area contributed by atoms with E-state index in [-0.39, 0.29) is 18.2 Å². The van der Waals surface area contributed by atoms with E-state index in [4.69, 9.17) is 4.74 Å². The first kappa shape index (κ1) is 33.7. The zero-order chi connectivity index (χ0) is 31.4. The lowest BCUT2D eigenvalue weighted by Crippen LogP contribution is -2.58. The van der Waals surface area contributed by atoms with Crippen LogP contribution in [0.25, 0.3) is 0 Å². The van der Waals surface area contributed by atoms with Crippen molar-refractivity contribution in [3.63, 3.8) is 0 Å². The first-order valence-electron chi connectivity index (χ1n) is 13.5. The van der Waals surface area contributed by atoms with E-state index in [0.29, 0.717) is 13.0 Å². The number of hydrazine groups is 1. The first-order valence-corrected chi connectivity index (χ1v) is 13.5. The van der Waals surface area contributed by atoms with E-state index >= 15 is 0 Å². The van der Waals surface area contributed by atoms with E-state index in [1.54, 1.807) is 20.8 Å². The number of carbonyl (C=O) groups excluding carboxylic acids is 6. The van der Waals surface area contributed by atoms with Gasteiger partial charge in [-0.05, 0) is 31.7 Å². The van der Waals surface area contributed by atoms with Gasteiger partial charge in [0.1, 0.15) is 18.1 Å². The Morgan fingerprint density at radius 1 is 0.833 bits per heavy atom. The summed E-state index contributed by atoms with van der Waals surface area (Å²) < 4.78 is 4.97. The molecule has 2 unspecified atom stereocenters. The molecule has 0 spiro atoms. The SMILES string of the molecule is CCNC(=O)C1OC1C(=O)NNC(=O)[C@H](CC(=O)O)NC(=O)[C@H](C)NC(=O)[C@@H](NC(=O)CCc1ccccc1)C(C)C. The molecule has 1 fully saturated rings. The highest BCUT2D eigenvalue weighted by molar-refractivity contribution is 5.98. The highest BCUT2D eigenvalue weighted by Gasteiger charge is 2.50. The van der Waals surface area contributed by atoms with Gasteiger partial charge in [0.2, 0.25) is 17.7 Å². The van der Waals surface area contributed by atoms with Gasteiger partial charge < -0.3 is 31.1 Å². The molecule has 15 nitrogen and oxygen atoms in total. The van der Waals surface area contributed by atoms with Gasteiger partial charge in [-0.15, -0.1) is 0 Å². The van der Waals surface area contributed by atoms with Crippen molar-refractivity contribution in [2.24, 2.45) is 5.92 Å². The predicted octanol–water partition coefficient (Wildman–Crippen LogP) is -1.72. The minimum absolute atomic E-state index is 0.151. The number of hydrogen-bond donors (Lipinski definition) is 7. The minimum Gasteiger partial charge on any atom is -0.481 e. The van der Waals surface area contributed by atoms with Crippen LogP contribution in [0.2, 0.25) is 0 Å². The third kappa shape index (κ3) is 10.8. The van der Waals surface area contributed by atoms with Gasteiger partial charge in [0.05, 0.1) is 6.42 Å². The second-order valence-corrected chi connectivity index (χ2v) is 10.0. The number of carboxylic acid groups (broad SMARTS) is 1. The fourth-order valence-electron chi connectivity index (χ4n) is 3.80. The van der Waals surface area contributed by atoms with Crippen LogP contribution < -0.4 is 32.1 Å². The monoisotopic (exact) mass is 590 g/mol. The van der Waals surface area contributed by atoms with Crippen LogP contribution in [0.5, 0.6) is 0 Å². The van der Waals surface area contributed by atoms with Crippen LogP contribution in [0.1, 0.15) is 46.1 Å². The van der Waals surface area contributed by atoms with Crippen molar-refractivity contribution in [1.29, 1.82) is 0 Å². The Kier molecular flexibility index (Phi) is 12.9. The van der Waals surface area contributed by atoms with Crippen LogP contribution in [0.4, 0.5) is 0 Å². The van der Waals surface area contributed by atoms with E-state index < -0.39 is 72.3 Å². The molecule has 15 heteroatoms. The number of rotatable bonds is 15. The maximum atomic E-state index is 12.9. The van der Waals surface area contributed by atoms with Crippen molar-refractivity contribution < 1.29 is 43.4 Å². The smallest absolute Gasteiger partial charge is 0.305 e. The van der Waals surface area contributed by atoms with Crippen molar-refractivity contribution in [2.75, 3.05) is 6.54 Å². The number of amides is 6. The molecule has 6 amide bonds. The van der Waals surface area contributed by atoms with Crippen molar-refractivity contribution in [3.05, 3.63) is 35.9 Å². The van der Waals surface area contributed by atoms with Crippen molar-refractivity contribution in [2.45, 2.75) is 77.3 Å². The maximum absolute atomic E-state index is 12.9. The van der Waals surface area contributed by atoms with E-state index in [1.807, 2.05) is 41.2 Å². The summed E-state index contributed by atoms with van der Waals surface area (Å²) in [5.74, 6) is -6.00. The van der Waals surface area contributed by atoms with E-state index in [0.717, 1.165) is 5.56 Å². The van der Waals surface area contributed by atoms with Crippen LogP contribution in [0.3, 0.4) is 0 Å². The summed E-state index contributed by atoms with van der Waals surface area (Å²) in [6.45, 7) is 6.79. The molecule has 0 aliphatic carbocycles. The highest BCUT2D eigenvalue weighted by Crippen LogP contribution is 2.21. The minimum atomic E-state index is -1.62. The number of carbonyl (C=O) groups is 7. The molecular weight excluding hydrogens is 552 g/mol. The molecule has 1 heterocycles. The average molecular weight is 591 g/mol. The number of nitrogens with one attached hydrogen (secondary N) is 6. The lowest BCUT2D eigenvalue weighted by Gasteiger charge is -2.25. The Morgan fingerprint density at radius 2 is 1.48 bits per heavy atom. The number of carboxylic acids is 1. The van der Waals surface area contributed by atoms with Gasteiger partial charge in [0, 0.05) is 13.0 Å². The summed E-state index contributed by atoms with van der Waals surface area (Å²) in [5, 5.41) is 19.0. The molecule has 1 aromatic carbocycles.